The molecule has 0 saturated carbocycles. The van der Waals surface area contributed by atoms with Gasteiger partial charge in [-0.2, -0.15) is 0 Å². The second-order valence-electron chi connectivity index (χ2n) is 18.0. The molecule has 4 aromatic carbocycles. The van der Waals surface area contributed by atoms with E-state index in [1.54, 1.807) is 19.4 Å². The fourth-order valence-electron chi connectivity index (χ4n) is 8.61. The zero-order valence-electron chi connectivity index (χ0n) is 36.1. The molecule has 19 heteroatoms. The molecule has 2 atom stereocenters. The third kappa shape index (κ3) is 7.22. The van der Waals surface area contributed by atoms with Crippen molar-refractivity contribution in [2.24, 2.45) is 10.8 Å². The maximum atomic E-state index is 13.9. The number of amides is 1. The molecule has 6 N–H and O–H groups in total. The fraction of sp³-hybridized carbons (Fsp3) is 0.356. The summed E-state index contributed by atoms with van der Waals surface area (Å²) in [7, 11) is -0.0985. The lowest BCUT2D eigenvalue weighted by Gasteiger charge is -2.39. The number of para-hydroxylation sites is 1. The summed E-state index contributed by atoms with van der Waals surface area (Å²) >= 11 is 6.16. The van der Waals surface area contributed by atoms with Crippen molar-refractivity contribution in [1.29, 1.82) is 0 Å². The van der Waals surface area contributed by atoms with E-state index in [0.29, 0.717) is 29.9 Å². The molecule has 336 valence electrons. The van der Waals surface area contributed by atoms with Gasteiger partial charge in [0.25, 0.3) is 27.6 Å². The predicted octanol–water partition coefficient (Wildman–Crippen LogP) is 6.39. The number of anilines is 6. The lowest BCUT2D eigenvalue weighted by Crippen LogP contribution is -2.41. The van der Waals surface area contributed by atoms with Gasteiger partial charge in [0.05, 0.1) is 46.6 Å². The summed E-state index contributed by atoms with van der Waals surface area (Å²) < 4.78 is 38.7. The number of nitrogens with zero attached hydrogens (tertiary/aromatic N) is 2. The van der Waals surface area contributed by atoms with Crippen molar-refractivity contribution in [3.8, 4) is 11.5 Å². The molecule has 0 aliphatic heterocycles. The van der Waals surface area contributed by atoms with Crippen molar-refractivity contribution in [2.75, 3.05) is 42.4 Å². The average Bonchev–Trinajstić information content (AvgIpc) is 3.89. The number of hydrogen-bond acceptors (Lipinski definition) is 15. The van der Waals surface area contributed by atoms with Crippen molar-refractivity contribution in [3.05, 3.63) is 129 Å². The topological polar surface area (TPSA) is 241 Å². The second kappa shape index (κ2) is 15.7. The Hall–Kier alpha value is -6.37. The monoisotopic (exact) mass is 914 g/mol. The van der Waals surface area contributed by atoms with Crippen molar-refractivity contribution >= 4 is 61.7 Å². The summed E-state index contributed by atoms with van der Waals surface area (Å²) in [5.41, 5.74) is -2.00. The number of nitrogens with one attached hydrogen (secondary N) is 4. The molecular weight excluding hydrogens is 868 g/mol. The maximum Gasteiger partial charge on any atom is 0.257 e. The van der Waals surface area contributed by atoms with Crippen LogP contribution in [-0.4, -0.2) is 54.9 Å². The van der Waals surface area contributed by atoms with Crippen molar-refractivity contribution in [1.82, 2.24) is 9.21 Å². The molecule has 2 aliphatic rings. The van der Waals surface area contributed by atoms with Crippen LogP contribution in [0.2, 0.25) is 5.02 Å². The van der Waals surface area contributed by atoms with Gasteiger partial charge < -0.3 is 45.2 Å². The molecular formula is C45H47ClN6O11S. The first-order chi connectivity index (χ1) is 30.0. The Morgan fingerprint density at radius 2 is 1.33 bits per heavy atom. The van der Waals surface area contributed by atoms with Crippen molar-refractivity contribution < 1.29 is 32.3 Å². The molecule has 0 fully saturated rings. The van der Waals surface area contributed by atoms with E-state index in [9.17, 15) is 42.6 Å². The van der Waals surface area contributed by atoms with Crippen molar-refractivity contribution in [3.63, 3.8) is 0 Å². The van der Waals surface area contributed by atoms with Gasteiger partial charge in [-0.1, -0.05) is 45.4 Å². The molecule has 6 aromatic rings. The molecule has 1 amide bonds. The minimum atomic E-state index is -4.20. The maximum absolute atomic E-state index is 13.9. The summed E-state index contributed by atoms with van der Waals surface area (Å²) in [6.45, 7) is 8.08. The highest BCUT2D eigenvalue weighted by atomic mass is 35.5. The van der Waals surface area contributed by atoms with Crippen LogP contribution in [0.1, 0.15) is 91.2 Å². The second-order valence-corrected chi connectivity index (χ2v) is 20.5. The highest BCUT2D eigenvalue weighted by molar-refractivity contribution is 7.89. The molecule has 2 unspecified atom stereocenters. The Balaban J connectivity index is 1.00. The van der Waals surface area contributed by atoms with E-state index in [2.05, 4.69) is 21.3 Å². The molecule has 17 nitrogen and oxygen atoms in total. The van der Waals surface area contributed by atoms with Crippen LogP contribution in [0, 0.1) is 10.8 Å². The number of phenolic OH excluding ortho intramolecular Hbond substituents is 2. The van der Waals surface area contributed by atoms with Crippen LogP contribution >= 0.6 is 11.6 Å². The summed E-state index contributed by atoms with van der Waals surface area (Å²) in [4.78, 5) is 66.5. The quantitative estimate of drug-likeness (QED) is 0.0544. The summed E-state index contributed by atoms with van der Waals surface area (Å²) in [5.74, 6) is -0.536. The number of hydrogen-bond donors (Lipinski definition) is 6. The molecule has 0 radical (unpaired) electrons. The van der Waals surface area contributed by atoms with Crippen LogP contribution in [0.15, 0.2) is 81.8 Å². The molecule has 0 bridgehead atoms. The van der Waals surface area contributed by atoms with E-state index in [0.717, 1.165) is 28.3 Å². The number of fused-ring (bicyclic) bond motifs is 2. The highest BCUT2D eigenvalue weighted by Gasteiger charge is 2.43. The Morgan fingerprint density at radius 3 is 1.94 bits per heavy atom. The van der Waals surface area contributed by atoms with Gasteiger partial charge in [-0.25, -0.2) is 12.7 Å². The van der Waals surface area contributed by atoms with Crippen LogP contribution in [0.4, 0.5) is 34.1 Å². The molecule has 2 aliphatic carbocycles. The first-order valence-corrected chi connectivity index (χ1v) is 22.3. The van der Waals surface area contributed by atoms with E-state index < -0.39 is 71.5 Å². The Kier molecular flexibility index (Phi) is 10.9. The number of aromatic hydroxyl groups is 2. The number of aryl methyl sites for hydroxylation is 1. The number of sulfonamides is 1. The van der Waals surface area contributed by atoms with E-state index >= 15 is 0 Å². The number of rotatable bonds is 13. The van der Waals surface area contributed by atoms with Gasteiger partial charge in [0, 0.05) is 38.8 Å². The molecule has 64 heavy (non-hydrogen) atoms. The van der Waals surface area contributed by atoms with E-state index in [1.807, 2.05) is 33.8 Å². The Labute approximate surface area is 372 Å². The van der Waals surface area contributed by atoms with Crippen LogP contribution in [0.5, 0.6) is 11.5 Å². The third-order valence-corrected chi connectivity index (χ3v) is 15.0. The largest absolute Gasteiger partial charge is 0.505 e. The first kappa shape index (κ1) is 44.2. The van der Waals surface area contributed by atoms with Gasteiger partial charge in [0.1, 0.15) is 39.2 Å². The normalized spacial score (nSPS) is 17.8. The van der Waals surface area contributed by atoms with Gasteiger partial charge in [-0.15, -0.1) is 0 Å². The van der Waals surface area contributed by atoms with Crippen LogP contribution in [0.3, 0.4) is 0 Å². The zero-order valence-corrected chi connectivity index (χ0v) is 37.6. The van der Waals surface area contributed by atoms with Crippen molar-refractivity contribution in [2.45, 2.75) is 76.9 Å². The van der Waals surface area contributed by atoms with E-state index in [-0.39, 0.29) is 56.7 Å². The van der Waals surface area contributed by atoms with Crippen LogP contribution in [0.25, 0.3) is 0 Å². The fourth-order valence-corrected chi connectivity index (χ4v) is 10.1. The van der Waals surface area contributed by atoms with Crippen LogP contribution < -0.4 is 43.0 Å². The van der Waals surface area contributed by atoms with E-state index in [4.69, 9.17) is 20.4 Å². The standard InChI is InChI=1S/C45H47ClN6O11S/c1-44(2)16-13-21-15-18-62-38(21)41(44)49-30-28(34(55)36(30)57)47-26-10-8-9-24(32(26)53)43(59)52(7)19-22-20-63-39-23(22)14-17-45(3,4)42(39)50-31-29(35(56)37(31)58)48-27-12-11-25(46)40(33(27)54)64(60,61)51(5)6/h8-12,15,18,20,41-42,47-50,53-54H,13-14,16-17,19H2,1-7H3. The van der Waals surface area contributed by atoms with Gasteiger partial charge in [0.15, 0.2) is 11.5 Å². The van der Waals surface area contributed by atoms with Crippen LogP contribution in [-0.2, 0) is 29.4 Å². The average molecular weight is 915 g/mol. The molecule has 0 spiro atoms. The predicted molar refractivity (Wildman–Crippen MR) is 242 cm³/mol. The van der Waals surface area contributed by atoms with Gasteiger partial charge in [-0.05, 0) is 72.4 Å². The smallest absolute Gasteiger partial charge is 0.257 e. The zero-order chi connectivity index (χ0) is 46.4. The summed E-state index contributed by atoms with van der Waals surface area (Å²) in [6.07, 6.45) is 5.91. The minimum Gasteiger partial charge on any atom is -0.505 e. The Bertz CT molecular complexity index is 3130. The lowest BCUT2D eigenvalue weighted by atomic mass is 9.72. The number of phenols is 2. The molecule has 2 heterocycles. The van der Waals surface area contributed by atoms with E-state index in [1.165, 1.54) is 49.5 Å². The third-order valence-electron chi connectivity index (χ3n) is 12.7. The lowest BCUT2D eigenvalue weighted by molar-refractivity contribution is 0.0781. The van der Waals surface area contributed by atoms with Gasteiger partial charge in [-0.3, -0.25) is 24.0 Å². The van der Waals surface area contributed by atoms with Gasteiger partial charge >= 0.3 is 0 Å². The highest BCUT2D eigenvalue weighted by Crippen LogP contribution is 2.49. The molecule has 0 saturated heterocycles. The SMILES string of the molecule is CN(Cc1coc2c1CCC(C)(C)C2Nc1c(Nc2ccc(Cl)c(S(=O)(=O)N(C)C)c2O)c(=O)c1=O)C(=O)c1cccc(Nc2c(NC3c4occc4CCC3(C)C)c(=O)c2=O)c1O. The number of halogens is 1. The molecule has 8 rings (SSSR count). The molecule has 2 aromatic heterocycles. The first-order valence-electron chi connectivity index (χ1n) is 20.5. The summed E-state index contributed by atoms with van der Waals surface area (Å²) in [5, 5.41) is 34.2. The van der Waals surface area contributed by atoms with Gasteiger partial charge in [0.2, 0.25) is 10.0 Å². The number of furan rings is 2. The number of carbonyl (C=O) groups is 1. The minimum absolute atomic E-state index is 0.0387. The Morgan fingerprint density at radius 1 is 0.766 bits per heavy atom. The number of carbonyl (C=O) groups excluding carboxylic acids is 1. The summed E-state index contributed by atoms with van der Waals surface area (Å²) in [6, 6.07) is 7.87. The number of benzene rings is 2.